The first-order valence-electron chi connectivity index (χ1n) is 7.56. The summed E-state index contributed by atoms with van der Waals surface area (Å²) >= 11 is 0. The van der Waals surface area contributed by atoms with Crippen LogP contribution < -0.4 is 14.5 Å². The largest absolute Gasteiger partial charge is 0.494 e. The van der Waals surface area contributed by atoms with Gasteiger partial charge in [0, 0.05) is 0 Å². The number of benzene rings is 1. The zero-order chi connectivity index (χ0) is 15.4. The molecule has 2 amide bonds. The minimum atomic E-state index is -0.251. The quantitative estimate of drug-likeness (QED) is 0.783. The molecule has 1 aromatic rings. The molecule has 1 N–H and O–H groups in total. The molecule has 0 radical (unpaired) electrons. The van der Waals surface area contributed by atoms with Crippen molar-refractivity contribution >= 4 is 17.5 Å². The molecule has 0 aromatic heterocycles. The fourth-order valence-corrected chi connectivity index (χ4v) is 2.82. The Labute approximate surface area is 125 Å². The van der Waals surface area contributed by atoms with Gasteiger partial charge in [-0.15, -0.1) is 0 Å². The number of likely N-dealkylation sites (N-methyl/N-ethyl adjacent to an activating group) is 1. The van der Waals surface area contributed by atoms with Crippen molar-refractivity contribution in [3.05, 3.63) is 24.3 Å². The highest BCUT2D eigenvalue weighted by Crippen LogP contribution is 2.24. The minimum absolute atomic E-state index is 0.0946. The van der Waals surface area contributed by atoms with E-state index in [0.717, 1.165) is 23.7 Å². The second kappa shape index (κ2) is 6.72. The number of nitrogens with zero attached hydrogens (tertiary/aromatic N) is 1. The lowest BCUT2D eigenvalue weighted by Gasteiger charge is -2.21. The number of amides is 2. The molecule has 1 aliphatic heterocycles. The Morgan fingerprint density at radius 2 is 1.76 bits per heavy atom. The van der Waals surface area contributed by atoms with Crippen molar-refractivity contribution in [2.75, 3.05) is 24.6 Å². The lowest BCUT2D eigenvalue weighted by Crippen LogP contribution is -3.16. The average molecular weight is 291 g/mol. The normalized spacial score (nSPS) is 18.7. The number of rotatable bonds is 6. The Morgan fingerprint density at radius 3 is 2.29 bits per heavy atom. The van der Waals surface area contributed by atoms with Crippen molar-refractivity contribution in [3.8, 4) is 5.75 Å². The first-order valence-corrected chi connectivity index (χ1v) is 7.56. The van der Waals surface area contributed by atoms with Crippen LogP contribution in [0.3, 0.4) is 0 Å². The van der Waals surface area contributed by atoms with Gasteiger partial charge in [-0.05, 0) is 45.0 Å². The number of hydrogen-bond acceptors (Lipinski definition) is 3. The van der Waals surface area contributed by atoms with Gasteiger partial charge in [0.05, 0.1) is 31.8 Å². The summed E-state index contributed by atoms with van der Waals surface area (Å²) in [7, 11) is 0. The number of carbonyl (C=O) groups excluding carboxylic acids is 2. The van der Waals surface area contributed by atoms with Crippen LogP contribution in [-0.2, 0) is 9.59 Å². The van der Waals surface area contributed by atoms with Gasteiger partial charge in [0.2, 0.25) is 5.91 Å². The first kappa shape index (κ1) is 15.5. The Bertz CT molecular complexity index is 509. The van der Waals surface area contributed by atoms with Gasteiger partial charge in [-0.25, -0.2) is 4.90 Å². The molecule has 5 nitrogen and oxygen atoms in total. The summed E-state index contributed by atoms with van der Waals surface area (Å²) in [6, 6.07) is 6.86. The molecule has 1 aliphatic rings. The van der Waals surface area contributed by atoms with Crippen LogP contribution in [0.25, 0.3) is 0 Å². The van der Waals surface area contributed by atoms with Gasteiger partial charge in [0.25, 0.3) is 5.91 Å². The maximum atomic E-state index is 12.5. The molecule has 0 spiro atoms. The SMILES string of the molecule is CCOc1ccc(N2C(=O)C[C@@H]([NH+](CC)CC)C2=O)cc1. The van der Waals surface area contributed by atoms with Crippen LogP contribution in [0.2, 0.25) is 0 Å². The number of carbonyl (C=O) groups is 2. The van der Waals surface area contributed by atoms with E-state index in [9.17, 15) is 9.59 Å². The van der Waals surface area contributed by atoms with E-state index < -0.39 is 0 Å². The van der Waals surface area contributed by atoms with Gasteiger partial charge >= 0.3 is 0 Å². The average Bonchev–Trinajstić information content (AvgIpc) is 2.77. The fraction of sp³-hybridized carbons (Fsp3) is 0.500. The second-order valence-electron chi connectivity index (χ2n) is 5.12. The van der Waals surface area contributed by atoms with Gasteiger partial charge in [0.15, 0.2) is 6.04 Å². The monoisotopic (exact) mass is 291 g/mol. The molecular formula is C16H23N2O3+. The van der Waals surface area contributed by atoms with E-state index in [1.807, 2.05) is 20.8 Å². The molecule has 0 bridgehead atoms. The molecule has 1 atom stereocenters. The number of nitrogens with one attached hydrogen (secondary N) is 1. The highest BCUT2D eigenvalue weighted by Gasteiger charge is 2.44. The molecule has 1 heterocycles. The summed E-state index contributed by atoms with van der Waals surface area (Å²) in [5.74, 6) is 0.530. The summed E-state index contributed by atoms with van der Waals surface area (Å²) in [6.45, 7) is 8.27. The Kier molecular flexibility index (Phi) is 4.96. The third-order valence-electron chi connectivity index (χ3n) is 3.95. The van der Waals surface area contributed by atoms with E-state index in [2.05, 4.69) is 0 Å². The van der Waals surface area contributed by atoms with Gasteiger partial charge in [-0.3, -0.25) is 9.59 Å². The number of quaternary nitrogens is 1. The van der Waals surface area contributed by atoms with Crippen molar-refractivity contribution < 1.29 is 19.2 Å². The van der Waals surface area contributed by atoms with E-state index in [-0.39, 0.29) is 17.9 Å². The van der Waals surface area contributed by atoms with E-state index in [4.69, 9.17) is 4.74 Å². The van der Waals surface area contributed by atoms with E-state index >= 15 is 0 Å². The molecule has 5 heteroatoms. The molecular weight excluding hydrogens is 268 g/mol. The summed E-state index contributed by atoms with van der Waals surface area (Å²) in [5.41, 5.74) is 0.627. The predicted octanol–water partition coefficient (Wildman–Crippen LogP) is 0.642. The molecule has 0 aliphatic carbocycles. The van der Waals surface area contributed by atoms with Gasteiger partial charge in [-0.2, -0.15) is 0 Å². The Balaban J connectivity index is 2.19. The molecule has 21 heavy (non-hydrogen) atoms. The number of ether oxygens (including phenoxy) is 1. The van der Waals surface area contributed by atoms with Crippen LogP contribution in [0, 0.1) is 0 Å². The van der Waals surface area contributed by atoms with E-state index in [1.54, 1.807) is 24.3 Å². The van der Waals surface area contributed by atoms with Crippen LogP contribution in [0.4, 0.5) is 5.69 Å². The maximum absolute atomic E-state index is 12.5. The van der Waals surface area contributed by atoms with Crippen LogP contribution in [0.15, 0.2) is 24.3 Å². The predicted molar refractivity (Wildman–Crippen MR) is 80.6 cm³/mol. The Hall–Kier alpha value is -1.88. The van der Waals surface area contributed by atoms with Gasteiger partial charge in [-0.1, -0.05) is 0 Å². The highest BCUT2D eigenvalue weighted by molar-refractivity contribution is 6.21. The zero-order valence-electron chi connectivity index (χ0n) is 12.9. The summed E-state index contributed by atoms with van der Waals surface area (Å²) in [6.07, 6.45) is 0.295. The fourth-order valence-electron chi connectivity index (χ4n) is 2.82. The molecule has 114 valence electrons. The third kappa shape index (κ3) is 3.08. The minimum Gasteiger partial charge on any atom is -0.494 e. The number of imide groups is 1. The van der Waals surface area contributed by atoms with Crippen LogP contribution >= 0.6 is 0 Å². The number of hydrogen-bond donors (Lipinski definition) is 1. The lowest BCUT2D eigenvalue weighted by molar-refractivity contribution is -0.911. The Morgan fingerprint density at radius 1 is 1.14 bits per heavy atom. The molecule has 0 saturated carbocycles. The lowest BCUT2D eigenvalue weighted by atomic mass is 10.2. The third-order valence-corrected chi connectivity index (χ3v) is 3.95. The highest BCUT2D eigenvalue weighted by atomic mass is 16.5. The van der Waals surface area contributed by atoms with Crippen molar-refractivity contribution in [1.29, 1.82) is 0 Å². The smallest absolute Gasteiger partial charge is 0.292 e. The van der Waals surface area contributed by atoms with Gasteiger partial charge in [0.1, 0.15) is 5.75 Å². The zero-order valence-corrected chi connectivity index (χ0v) is 12.9. The summed E-state index contributed by atoms with van der Waals surface area (Å²) in [4.78, 5) is 27.2. The summed E-state index contributed by atoms with van der Waals surface area (Å²) < 4.78 is 5.38. The van der Waals surface area contributed by atoms with Crippen molar-refractivity contribution in [2.45, 2.75) is 33.2 Å². The van der Waals surface area contributed by atoms with Crippen molar-refractivity contribution in [1.82, 2.24) is 0 Å². The van der Waals surface area contributed by atoms with E-state index in [1.165, 1.54) is 4.90 Å². The molecule has 1 aromatic carbocycles. The van der Waals surface area contributed by atoms with Crippen molar-refractivity contribution in [3.63, 3.8) is 0 Å². The number of anilines is 1. The molecule has 1 fully saturated rings. The second-order valence-corrected chi connectivity index (χ2v) is 5.12. The van der Waals surface area contributed by atoms with Crippen LogP contribution in [0.5, 0.6) is 5.75 Å². The van der Waals surface area contributed by atoms with Crippen LogP contribution in [-0.4, -0.2) is 37.6 Å². The molecule has 2 rings (SSSR count). The first-order chi connectivity index (χ1) is 10.1. The summed E-state index contributed by atoms with van der Waals surface area (Å²) in [5, 5.41) is 0. The van der Waals surface area contributed by atoms with Crippen LogP contribution in [0.1, 0.15) is 27.2 Å². The van der Waals surface area contributed by atoms with Crippen molar-refractivity contribution in [2.24, 2.45) is 0 Å². The standard InChI is InChI=1S/C16H22N2O3/c1-4-17(5-2)14-11-15(19)18(16(14)20)12-7-9-13(10-8-12)21-6-3/h7-10,14H,4-6,11H2,1-3H3/p+1/t14-/m1/s1. The molecule has 1 saturated heterocycles. The van der Waals surface area contributed by atoms with E-state index in [0.29, 0.717) is 18.7 Å². The topological polar surface area (TPSA) is 51.0 Å². The maximum Gasteiger partial charge on any atom is 0.292 e. The molecule has 0 unspecified atom stereocenters. The van der Waals surface area contributed by atoms with Gasteiger partial charge < -0.3 is 9.64 Å².